The number of carbonyl (C=O) groups is 2. The molecule has 1 aromatic rings. The normalized spacial score (nSPS) is 11.6. The Morgan fingerprint density at radius 3 is 2.87 bits per heavy atom. The molecule has 0 fully saturated rings. The SMILES string of the molecule is CC(=O)OC(C=O)Nc1cccc(Br)c1. The van der Waals surface area contributed by atoms with Crippen LogP contribution in [0, 0.1) is 0 Å². The number of halogens is 1. The first-order chi connectivity index (χ1) is 7.11. The topological polar surface area (TPSA) is 55.4 Å². The fourth-order valence-electron chi connectivity index (χ4n) is 1.01. The molecule has 1 unspecified atom stereocenters. The van der Waals surface area contributed by atoms with Crippen LogP contribution in [0.25, 0.3) is 0 Å². The third kappa shape index (κ3) is 4.12. The number of ether oxygens (including phenoxy) is 1. The van der Waals surface area contributed by atoms with Crippen molar-refractivity contribution in [2.24, 2.45) is 0 Å². The molecule has 15 heavy (non-hydrogen) atoms. The van der Waals surface area contributed by atoms with E-state index in [2.05, 4.69) is 21.2 Å². The van der Waals surface area contributed by atoms with Crippen molar-refractivity contribution in [3.8, 4) is 0 Å². The molecule has 80 valence electrons. The summed E-state index contributed by atoms with van der Waals surface area (Å²) < 4.78 is 5.58. The smallest absolute Gasteiger partial charge is 0.304 e. The Hall–Kier alpha value is -1.36. The predicted molar refractivity (Wildman–Crippen MR) is 59.4 cm³/mol. The lowest BCUT2D eigenvalue weighted by molar-refractivity contribution is -0.147. The van der Waals surface area contributed by atoms with Gasteiger partial charge in [0.25, 0.3) is 0 Å². The van der Waals surface area contributed by atoms with Crippen LogP contribution in [0.15, 0.2) is 28.7 Å². The van der Waals surface area contributed by atoms with E-state index in [0.29, 0.717) is 12.0 Å². The van der Waals surface area contributed by atoms with Crippen LogP contribution < -0.4 is 5.32 Å². The average molecular weight is 272 g/mol. The first-order valence-electron chi connectivity index (χ1n) is 4.26. The molecule has 0 aliphatic carbocycles. The van der Waals surface area contributed by atoms with Crippen molar-refractivity contribution in [2.75, 3.05) is 5.32 Å². The number of carbonyl (C=O) groups excluding carboxylic acids is 2. The first-order valence-corrected chi connectivity index (χ1v) is 5.06. The second-order valence-corrected chi connectivity index (χ2v) is 3.74. The third-order valence-corrected chi connectivity index (χ3v) is 2.04. The minimum atomic E-state index is -0.947. The molecule has 0 amide bonds. The van der Waals surface area contributed by atoms with Crippen molar-refractivity contribution < 1.29 is 14.3 Å². The molecule has 0 aliphatic heterocycles. The van der Waals surface area contributed by atoms with Gasteiger partial charge in [-0.1, -0.05) is 22.0 Å². The van der Waals surface area contributed by atoms with E-state index in [9.17, 15) is 9.59 Å². The Kier molecular flexibility index (Phi) is 4.30. The van der Waals surface area contributed by atoms with Crippen LogP contribution in [0.4, 0.5) is 5.69 Å². The van der Waals surface area contributed by atoms with E-state index < -0.39 is 12.2 Å². The van der Waals surface area contributed by atoms with E-state index in [1.807, 2.05) is 12.1 Å². The number of nitrogens with one attached hydrogen (secondary N) is 1. The van der Waals surface area contributed by atoms with Crippen molar-refractivity contribution >= 4 is 33.9 Å². The van der Waals surface area contributed by atoms with Gasteiger partial charge in [-0.25, -0.2) is 0 Å². The standard InChI is InChI=1S/C10H10BrNO3/c1-7(14)15-10(6-13)12-9-4-2-3-8(11)5-9/h2-6,10,12H,1H3. The molecule has 0 spiro atoms. The van der Waals surface area contributed by atoms with E-state index in [1.165, 1.54) is 6.92 Å². The Morgan fingerprint density at radius 2 is 2.33 bits per heavy atom. The first kappa shape index (κ1) is 11.7. The van der Waals surface area contributed by atoms with Crippen LogP contribution in [0.1, 0.15) is 6.92 Å². The summed E-state index contributed by atoms with van der Waals surface area (Å²) in [6.45, 7) is 1.25. The molecular weight excluding hydrogens is 262 g/mol. The van der Waals surface area contributed by atoms with E-state index in [1.54, 1.807) is 12.1 Å². The van der Waals surface area contributed by atoms with Crippen molar-refractivity contribution in [2.45, 2.75) is 13.2 Å². The van der Waals surface area contributed by atoms with Gasteiger partial charge >= 0.3 is 5.97 Å². The highest BCUT2D eigenvalue weighted by Crippen LogP contribution is 2.16. The van der Waals surface area contributed by atoms with E-state index in [4.69, 9.17) is 4.74 Å². The highest BCUT2D eigenvalue weighted by Gasteiger charge is 2.09. The number of anilines is 1. The fourth-order valence-corrected chi connectivity index (χ4v) is 1.41. The molecule has 1 atom stereocenters. The van der Waals surface area contributed by atoms with E-state index in [-0.39, 0.29) is 0 Å². The third-order valence-electron chi connectivity index (χ3n) is 1.55. The summed E-state index contributed by atoms with van der Waals surface area (Å²) in [7, 11) is 0. The maximum atomic E-state index is 10.6. The highest BCUT2D eigenvalue weighted by atomic mass is 79.9. The zero-order valence-corrected chi connectivity index (χ0v) is 9.65. The number of hydrogen-bond donors (Lipinski definition) is 1. The molecule has 0 radical (unpaired) electrons. The Labute approximate surface area is 95.7 Å². The van der Waals surface area contributed by atoms with Gasteiger partial charge < -0.3 is 10.1 Å². The lowest BCUT2D eigenvalue weighted by Crippen LogP contribution is -2.26. The van der Waals surface area contributed by atoms with Gasteiger partial charge in [0.15, 0.2) is 6.29 Å². The summed E-state index contributed by atoms with van der Waals surface area (Å²) in [6.07, 6.45) is -0.417. The molecule has 0 aromatic heterocycles. The summed E-state index contributed by atoms with van der Waals surface area (Å²) in [5.74, 6) is -0.505. The monoisotopic (exact) mass is 271 g/mol. The van der Waals surface area contributed by atoms with Crippen LogP contribution in [-0.4, -0.2) is 18.5 Å². The van der Waals surface area contributed by atoms with Gasteiger partial charge in [0.2, 0.25) is 6.23 Å². The van der Waals surface area contributed by atoms with Gasteiger partial charge in [-0.2, -0.15) is 0 Å². The minimum Gasteiger partial charge on any atom is -0.435 e. The zero-order chi connectivity index (χ0) is 11.3. The molecule has 1 N–H and O–H groups in total. The number of benzene rings is 1. The molecule has 0 saturated carbocycles. The molecule has 0 saturated heterocycles. The van der Waals surface area contributed by atoms with Gasteiger partial charge in [0.1, 0.15) is 0 Å². The molecular formula is C10H10BrNO3. The molecule has 0 bridgehead atoms. The number of aldehydes is 1. The van der Waals surface area contributed by atoms with Crippen molar-refractivity contribution in [1.29, 1.82) is 0 Å². The quantitative estimate of drug-likeness (QED) is 0.517. The second kappa shape index (κ2) is 5.50. The van der Waals surface area contributed by atoms with Crippen LogP contribution in [0.5, 0.6) is 0 Å². The van der Waals surface area contributed by atoms with Crippen LogP contribution >= 0.6 is 15.9 Å². The average Bonchev–Trinajstić information content (AvgIpc) is 2.16. The molecule has 4 nitrogen and oxygen atoms in total. The van der Waals surface area contributed by atoms with Crippen LogP contribution in [0.2, 0.25) is 0 Å². The molecule has 1 rings (SSSR count). The Morgan fingerprint density at radius 1 is 1.60 bits per heavy atom. The highest BCUT2D eigenvalue weighted by molar-refractivity contribution is 9.10. The van der Waals surface area contributed by atoms with Crippen LogP contribution in [0.3, 0.4) is 0 Å². The molecule has 1 aromatic carbocycles. The number of rotatable bonds is 4. The zero-order valence-electron chi connectivity index (χ0n) is 8.07. The minimum absolute atomic E-state index is 0.505. The van der Waals surface area contributed by atoms with Crippen molar-refractivity contribution in [1.82, 2.24) is 0 Å². The summed E-state index contributed by atoms with van der Waals surface area (Å²) in [5, 5.41) is 2.76. The van der Waals surface area contributed by atoms with Crippen molar-refractivity contribution in [3.63, 3.8) is 0 Å². The summed E-state index contributed by atoms with van der Waals surface area (Å²) in [5.41, 5.74) is 0.697. The van der Waals surface area contributed by atoms with Crippen LogP contribution in [-0.2, 0) is 14.3 Å². The Bertz CT molecular complexity index is 367. The lowest BCUT2D eigenvalue weighted by Gasteiger charge is -2.13. The Balaban J connectivity index is 2.66. The summed E-state index contributed by atoms with van der Waals surface area (Å²) in [4.78, 5) is 21.2. The van der Waals surface area contributed by atoms with Gasteiger partial charge in [-0.15, -0.1) is 0 Å². The maximum absolute atomic E-state index is 10.6. The molecule has 0 aliphatic rings. The van der Waals surface area contributed by atoms with Gasteiger partial charge in [-0.05, 0) is 18.2 Å². The summed E-state index contributed by atoms with van der Waals surface area (Å²) in [6, 6.07) is 7.21. The molecule has 5 heteroatoms. The van der Waals surface area contributed by atoms with Crippen molar-refractivity contribution in [3.05, 3.63) is 28.7 Å². The van der Waals surface area contributed by atoms with Gasteiger partial charge in [0, 0.05) is 17.1 Å². The van der Waals surface area contributed by atoms with Gasteiger partial charge in [-0.3, -0.25) is 9.59 Å². The van der Waals surface area contributed by atoms with E-state index >= 15 is 0 Å². The fraction of sp³-hybridized carbons (Fsp3) is 0.200. The second-order valence-electron chi connectivity index (χ2n) is 2.82. The lowest BCUT2D eigenvalue weighted by atomic mass is 10.3. The maximum Gasteiger partial charge on any atom is 0.304 e. The largest absolute Gasteiger partial charge is 0.435 e. The predicted octanol–water partition coefficient (Wildman–Crippen LogP) is 1.95. The number of esters is 1. The summed E-state index contributed by atoms with van der Waals surface area (Å²) >= 11 is 3.29. The number of hydrogen-bond acceptors (Lipinski definition) is 4. The molecule has 0 heterocycles. The van der Waals surface area contributed by atoms with Gasteiger partial charge in [0.05, 0.1) is 0 Å². The van der Waals surface area contributed by atoms with E-state index in [0.717, 1.165) is 4.47 Å².